The molecular formula is C27H18F4N4O4S. The molecule has 0 amide bonds. The van der Waals surface area contributed by atoms with E-state index in [0.717, 1.165) is 18.2 Å². The van der Waals surface area contributed by atoms with Crippen molar-refractivity contribution >= 4 is 43.3 Å². The standard InChI is InChI=1S/C27H18F4N4O4S/c1-34-12-16(13-34)35-23-10-19(15-3-2-4-17(8-15)39-40(31,37)38)21(27(28,29)30)9-20(23)25(36)24-18-6-5-14(11-32)7-22(18)33-26(24)35/h2-10,16,33H,12-13H2,1H3. The van der Waals surface area contributed by atoms with E-state index in [0.29, 0.717) is 35.2 Å². The van der Waals surface area contributed by atoms with E-state index >= 15 is 0 Å². The fourth-order valence-electron chi connectivity index (χ4n) is 5.40. The van der Waals surface area contributed by atoms with Crippen LogP contribution in [-0.2, 0) is 16.7 Å². The topological polar surface area (TPSA) is 108 Å². The molecular weight excluding hydrogens is 552 g/mol. The van der Waals surface area contributed by atoms with Gasteiger partial charge in [0.1, 0.15) is 11.4 Å². The van der Waals surface area contributed by atoms with Crippen LogP contribution in [0.4, 0.5) is 17.1 Å². The van der Waals surface area contributed by atoms with Gasteiger partial charge in [0, 0.05) is 29.4 Å². The molecule has 2 aromatic heterocycles. The van der Waals surface area contributed by atoms with Gasteiger partial charge in [0.2, 0.25) is 0 Å². The number of aromatic nitrogens is 2. The van der Waals surface area contributed by atoms with E-state index in [2.05, 4.69) is 9.17 Å². The number of nitrogens with zero attached hydrogens (tertiary/aromatic N) is 3. The monoisotopic (exact) mass is 570 g/mol. The molecule has 1 aliphatic heterocycles. The lowest BCUT2D eigenvalue weighted by Crippen LogP contribution is -2.45. The number of likely N-dealkylation sites (tertiary alicyclic amines) is 1. The summed E-state index contributed by atoms with van der Waals surface area (Å²) in [7, 11) is -3.52. The van der Waals surface area contributed by atoms with Crippen LogP contribution in [0, 0.1) is 11.3 Å². The Labute approximate surface area is 224 Å². The Morgan fingerprint density at radius 1 is 1.07 bits per heavy atom. The summed E-state index contributed by atoms with van der Waals surface area (Å²) < 4.78 is 84.4. The average molecular weight is 571 g/mol. The van der Waals surface area contributed by atoms with Gasteiger partial charge >= 0.3 is 16.7 Å². The molecule has 1 saturated heterocycles. The second-order valence-electron chi connectivity index (χ2n) is 9.71. The van der Waals surface area contributed by atoms with Gasteiger partial charge in [-0.2, -0.15) is 26.9 Å². The van der Waals surface area contributed by atoms with E-state index in [-0.39, 0.29) is 33.5 Å². The Balaban J connectivity index is 1.73. The lowest BCUT2D eigenvalue weighted by Gasteiger charge is -2.39. The molecule has 0 aliphatic carbocycles. The largest absolute Gasteiger partial charge is 0.488 e. The number of rotatable bonds is 4. The molecule has 3 heterocycles. The smallest absolute Gasteiger partial charge is 0.358 e. The summed E-state index contributed by atoms with van der Waals surface area (Å²) in [6.07, 6.45) is -4.89. The van der Waals surface area contributed by atoms with Crippen molar-refractivity contribution in [2.45, 2.75) is 12.2 Å². The second kappa shape index (κ2) is 8.80. The molecule has 0 spiro atoms. The molecule has 5 aromatic rings. The molecule has 1 N–H and O–H groups in total. The molecule has 1 fully saturated rings. The number of aromatic amines is 1. The molecule has 0 unspecified atom stereocenters. The van der Waals surface area contributed by atoms with Crippen molar-refractivity contribution in [1.29, 1.82) is 5.26 Å². The molecule has 0 radical (unpaired) electrons. The molecule has 13 heteroatoms. The molecule has 8 nitrogen and oxygen atoms in total. The number of alkyl halides is 3. The lowest BCUT2D eigenvalue weighted by molar-refractivity contribution is -0.137. The fraction of sp³-hybridized carbons (Fsp3) is 0.185. The van der Waals surface area contributed by atoms with Crippen molar-refractivity contribution in [2.75, 3.05) is 20.1 Å². The van der Waals surface area contributed by atoms with Crippen LogP contribution in [0.3, 0.4) is 0 Å². The van der Waals surface area contributed by atoms with Crippen LogP contribution in [0.15, 0.2) is 59.4 Å². The van der Waals surface area contributed by atoms with Gasteiger partial charge in [0.05, 0.1) is 34.1 Å². The first kappa shape index (κ1) is 25.8. The third kappa shape index (κ3) is 4.25. The number of H-pyrrole nitrogens is 1. The fourth-order valence-corrected chi connectivity index (χ4v) is 5.73. The quantitative estimate of drug-likeness (QED) is 0.233. The molecule has 40 heavy (non-hydrogen) atoms. The van der Waals surface area contributed by atoms with Gasteiger partial charge in [-0.05, 0) is 54.6 Å². The maximum atomic E-state index is 14.4. The summed E-state index contributed by atoms with van der Waals surface area (Å²) in [5, 5.41) is 9.87. The molecule has 3 aromatic carbocycles. The van der Waals surface area contributed by atoms with Gasteiger partial charge in [-0.25, -0.2) is 0 Å². The maximum Gasteiger partial charge on any atom is 0.488 e. The Bertz CT molecular complexity index is 2070. The van der Waals surface area contributed by atoms with Crippen LogP contribution in [0.5, 0.6) is 5.75 Å². The molecule has 204 valence electrons. The van der Waals surface area contributed by atoms with Gasteiger partial charge in [0.25, 0.3) is 0 Å². The molecule has 1 aliphatic rings. The third-order valence-electron chi connectivity index (χ3n) is 7.07. The third-order valence-corrected chi connectivity index (χ3v) is 7.46. The first-order valence-electron chi connectivity index (χ1n) is 11.9. The summed E-state index contributed by atoms with van der Waals surface area (Å²) in [5.74, 6) is -0.509. The highest BCUT2D eigenvalue weighted by Crippen LogP contribution is 2.42. The zero-order valence-corrected chi connectivity index (χ0v) is 21.4. The minimum atomic E-state index is -5.41. The number of hydrogen-bond donors (Lipinski definition) is 1. The van der Waals surface area contributed by atoms with Crippen molar-refractivity contribution < 1.29 is 29.7 Å². The molecule has 6 rings (SSSR count). The summed E-state index contributed by atoms with van der Waals surface area (Å²) >= 11 is 0. The normalized spacial score (nSPS) is 15.0. The summed E-state index contributed by atoms with van der Waals surface area (Å²) in [5.41, 5.74) is -0.674. The predicted molar refractivity (Wildman–Crippen MR) is 140 cm³/mol. The van der Waals surface area contributed by atoms with E-state index in [4.69, 9.17) is 0 Å². The van der Waals surface area contributed by atoms with E-state index < -0.39 is 33.4 Å². The van der Waals surface area contributed by atoms with Crippen LogP contribution in [-0.4, -0.2) is 43.0 Å². The Hall–Kier alpha value is -4.41. The number of nitrogens with one attached hydrogen (secondary N) is 1. The van der Waals surface area contributed by atoms with Crippen molar-refractivity contribution in [2.24, 2.45) is 0 Å². The van der Waals surface area contributed by atoms with E-state index in [1.807, 2.05) is 18.0 Å². The number of halogens is 4. The van der Waals surface area contributed by atoms with Gasteiger partial charge in [-0.3, -0.25) is 4.79 Å². The van der Waals surface area contributed by atoms with Gasteiger partial charge in [0.15, 0.2) is 5.43 Å². The van der Waals surface area contributed by atoms with Crippen LogP contribution >= 0.6 is 0 Å². The number of benzene rings is 3. The minimum Gasteiger partial charge on any atom is -0.358 e. The van der Waals surface area contributed by atoms with Crippen LogP contribution < -0.4 is 9.61 Å². The predicted octanol–water partition coefficient (Wildman–Crippen LogP) is 5.27. The average Bonchev–Trinajstić information content (AvgIpc) is 3.24. The van der Waals surface area contributed by atoms with Crippen molar-refractivity contribution in [3.63, 3.8) is 0 Å². The van der Waals surface area contributed by atoms with Gasteiger partial charge in [-0.1, -0.05) is 22.1 Å². The lowest BCUT2D eigenvalue weighted by atomic mass is 9.95. The Morgan fingerprint density at radius 2 is 1.82 bits per heavy atom. The number of fused-ring (bicyclic) bond motifs is 4. The highest BCUT2D eigenvalue weighted by atomic mass is 32.3. The first-order valence-corrected chi connectivity index (χ1v) is 13.2. The number of hydrogen-bond acceptors (Lipinski definition) is 6. The van der Waals surface area contributed by atoms with Crippen molar-refractivity contribution in [3.05, 3.63) is 75.9 Å². The van der Waals surface area contributed by atoms with Crippen LogP contribution in [0.2, 0.25) is 0 Å². The first-order chi connectivity index (χ1) is 18.8. The zero-order valence-electron chi connectivity index (χ0n) is 20.6. The van der Waals surface area contributed by atoms with Crippen LogP contribution in [0.1, 0.15) is 17.2 Å². The van der Waals surface area contributed by atoms with Crippen molar-refractivity contribution in [1.82, 2.24) is 14.5 Å². The van der Waals surface area contributed by atoms with Gasteiger partial charge in [-0.15, -0.1) is 0 Å². The molecule has 0 saturated carbocycles. The summed E-state index contributed by atoms with van der Waals surface area (Å²) in [6.45, 7) is 1.14. The number of likely N-dealkylation sites (N-methyl/N-ethyl adjacent to an activating group) is 1. The maximum absolute atomic E-state index is 14.4. The minimum absolute atomic E-state index is 0.0875. The van der Waals surface area contributed by atoms with E-state index in [1.165, 1.54) is 24.3 Å². The number of nitriles is 1. The second-order valence-corrected chi connectivity index (χ2v) is 10.7. The van der Waals surface area contributed by atoms with Crippen molar-refractivity contribution in [3.8, 4) is 22.9 Å². The SMILES string of the molecule is CN1CC(n2c3cc(-c4cccc(OS(=O)(=O)F)c4)c(C(F)(F)F)cc3c(=O)c3c4ccc(C#N)cc4[nH]c32)C1. The Morgan fingerprint density at radius 3 is 2.48 bits per heavy atom. The van der Waals surface area contributed by atoms with Gasteiger partial charge < -0.3 is 18.6 Å². The Kier molecular flexibility index (Phi) is 5.69. The zero-order chi connectivity index (χ0) is 28.6. The summed E-state index contributed by atoms with van der Waals surface area (Å²) in [4.78, 5) is 19.0. The highest BCUT2D eigenvalue weighted by molar-refractivity contribution is 7.81. The van der Waals surface area contributed by atoms with E-state index in [1.54, 1.807) is 16.7 Å². The molecule has 0 atom stereocenters. The van der Waals surface area contributed by atoms with E-state index in [9.17, 15) is 35.5 Å². The highest BCUT2D eigenvalue weighted by Gasteiger charge is 2.36. The van der Waals surface area contributed by atoms with Crippen LogP contribution in [0.25, 0.3) is 44.0 Å². The summed E-state index contributed by atoms with van der Waals surface area (Å²) in [6, 6.07) is 13.2. The molecule has 0 bridgehead atoms. The number of pyridine rings is 1.